The number of halogens is 3. The number of nitrogens with one attached hydrogen (secondary N) is 1. The van der Waals surface area contributed by atoms with Crippen molar-refractivity contribution in [3.63, 3.8) is 0 Å². The molecule has 3 heterocycles. The lowest BCUT2D eigenvalue weighted by Crippen LogP contribution is -2.57. The smallest absolute Gasteiger partial charge is 0.387 e. The number of aromatic nitrogens is 2. The minimum absolute atomic E-state index is 0.159. The zero-order valence-corrected chi connectivity index (χ0v) is 21.4. The maximum absolute atomic E-state index is 13.9. The van der Waals surface area contributed by atoms with Crippen LogP contribution in [0.5, 0.6) is 5.75 Å². The molecule has 1 saturated carbocycles. The van der Waals surface area contributed by atoms with E-state index < -0.39 is 12.2 Å². The average molecular weight is 523 g/mol. The van der Waals surface area contributed by atoms with E-state index in [1.165, 1.54) is 31.0 Å². The Hall–Kier alpha value is -2.23. The second-order valence-electron chi connectivity index (χ2n) is 10.9. The van der Waals surface area contributed by atoms with Gasteiger partial charge in [-0.1, -0.05) is 25.4 Å². The fourth-order valence-corrected chi connectivity index (χ4v) is 6.23. The first kappa shape index (κ1) is 25.4. The second kappa shape index (κ2) is 9.91. The van der Waals surface area contributed by atoms with Crippen LogP contribution in [0.4, 0.5) is 14.5 Å². The molecule has 1 amide bonds. The highest BCUT2D eigenvalue weighted by molar-refractivity contribution is 6.30. The van der Waals surface area contributed by atoms with Gasteiger partial charge in [0.2, 0.25) is 0 Å². The number of rotatable bonds is 8. The summed E-state index contributed by atoms with van der Waals surface area (Å²) in [6, 6.07) is 6.25. The SMILES string of the molecule is CC(C)c1ccnn1C1(C(=O)Nc2ccc(Cl)cc2OC(F)F)CCN(CC2CC3(COC3)C2)CC1. The van der Waals surface area contributed by atoms with Crippen LogP contribution >= 0.6 is 11.6 Å². The molecule has 1 aromatic heterocycles. The molecular weight excluding hydrogens is 490 g/mol. The Bertz CT molecular complexity index is 1090. The fourth-order valence-electron chi connectivity index (χ4n) is 6.07. The Morgan fingerprint density at radius 3 is 2.58 bits per heavy atom. The summed E-state index contributed by atoms with van der Waals surface area (Å²) in [4.78, 5) is 16.4. The van der Waals surface area contributed by atoms with E-state index in [4.69, 9.17) is 16.3 Å². The molecule has 2 aliphatic heterocycles. The second-order valence-corrected chi connectivity index (χ2v) is 11.3. The number of benzene rings is 1. The van der Waals surface area contributed by atoms with Gasteiger partial charge >= 0.3 is 6.61 Å². The molecule has 3 aliphatic rings. The molecule has 2 aromatic rings. The number of likely N-dealkylation sites (tertiary alicyclic amines) is 1. The molecule has 196 valence electrons. The number of anilines is 1. The number of hydrogen-bond acceptors (Lipinski definition) is 5. The molecule has 3 fully saturated rings. The summed E-state index contributed by atoms with van der Waals surface area (Å²) in [7, 11) is 0. The third kappa shape index (κ3) is 4.85. The van der Waals surface area contributed by atoms with Gasteiger partial charge in [-0.3, -0.25) is 9.48 Å². The predicted octanol–water partition coefficient (Wildman–Crippen LogP) is 5.12. The Balaban J connectivity index is 1.35. The van der Waals surface area contributed by atoms with Crippen LogP contribution in [0, 0.1) is 11.3 Å². The number of carbonyl (C=O) groups is 1. The number of piperidine rings is 1. The molecule has 2 saturated heterocycles. The van der Waals surface area contributed by atoms with Crippen molar-refractivity contribution in [3.8, 4) is 5.75 Å². The van der Waals surface area contributed by atoms with Crippen LogP contribution in [0.15, 0.2) is 30.5 Å². The van der Waals surface area contributed by atoms with Crippen LogP contribution in [0.2, 0.25) is 5.02 Å². The van der Waals surface area contributed by atoms with Gasteiger partial charge in [0, 0.05) is 48.0 Å². The van der Waals surface area contributed by atoms with Crippen LogP contribution in [0.1, 0.15) is 51.1 Å². The topological polar surface area (TPSA) is 68.6 Å². The molecule has 36 heavy (non-hydrogen) atoms. The van der Waals surface area contributed by atoms with Crippen molar-refractivity contribution < 1.29 is 23.0 Å². The van der Waals surface area contributed by atoms with Crippen LogP contribution in [-0.4, -0.2) is 60.0 Å². The minimum atomic E-state index is -3.04. The Labute approximate surface area is 215 Å². The molecular formula is C26H33ClF2N4O3. The summed E-state index contributed by atoms with van der Waals surface area (Å²) >= 11 is 5.99. The molecule has 0 radical (unpaired) electrons. The fraction of sp³-hybridized carbons (Fsp3) is 0.615. The van der Waals surface area contributed by atoms with E-state index in [1.54, 1.807) is 6.20 Å². The molecule has 1 spiro atoms. The van der Waals surface area contributed by atoms with Gasteiger partial charge in [0.05, 0.1) is 18.9 Å². The zero-order chi connectivity index (χ0) is 25.5. The van der Waals surface area contributed by atoms with E-state index in [2.05, 4.69) is 33.9 Å². The summed E-state index contributed by atoms with van der Waals surface area (Å²) in [5, 5.41) is 7.69. The highest BCUT2D eigenvalue weighted by Gasteiger charge is 2.51. The molecule has 1 aromatic carbocycles. The average Bonchev–Trinajstić information content (AvgIpc) is 3.27. The van der Waals surface area contributed by atoms with Crippen molar-refractivity contribution in [2.24, 2.45) is 11.3 Å². The molecule has 10 heteroatoms. The van der Waals surface area contributed by atoms with E-state index >= 15 is 0 Å². The first-order valence-corrected chi connectivity index (χ1v) is 13.0. The number of carbonyl (C=O) groups excluding carboxylic acids is 1. The largest absolute Gasteiger partial charge is 0.433 e. The molecule has 1 aliphatic carbocycles. The lowest BCUT2D eigenvalue weighted by molar-refractivity contribution is -0.182. The third-order valence-corrected chi connectivity index (χ3v) is 8.19. The number of amides is 1. The van der Waals surface area contributed by atoms with E-state index in [1.807, 2.05) is 10.7 Å². The molecule has 0 bridgehead atoms. The number of alkyl halides is 2. The van der Waals surface area contributed by atoms with Crippen LogP contribution in [0.25, 0.3) is 0 Å². The van der Waals surface area contributed by atoms with Gasteiger partial charge in [0.25, 0.3) is 5.91 Å². The lowest BCUT2D eigenvalue weighted by Gasteiger charge is -2.54. The molecule has 7 nitrogen and oxygen atoms in total. The summed E-state index contributed by atoms with van der Waals surface area (Å²) in [6.45, 7) is 5.43. The van der Waals surface area contributed by atoms with Crippen molar-refractivity contribution in [1.82, 2.24) is 14.7 Å². The van der Waals surface area contributed by atoms with Crippen LogP contribution in [-0.2, 0) is 15.1 Å². The highest BCUT2D eigenvalue weighted by Crippen LogP contribution is 2.51. The van der Waals surface area contributed by atoms with Crippen molar-refractivity contribution in [2.45, 2.75) is 57.6 Å². The Morgan fingerprint density at radius 2 is 1.97 bits per heavy atom. The molecule has 0 unspecified atom stereocenters. The van der Waals surface area contributed by atoms with Gasteiger partial charge in [-0.05, 0) is 55.7 Å². The van der Waals surface area contributed by atoms with E-state index in [-0.39, 0.29) is 28.3 Å². The predicted molar refractivity (Wildman–Crippen MR) is 133 cm³/mol. The number of ether oxygens (including phenoxy) is 2. The molecule has 1 N–H and O–H groups in total. The van der Waals surface area contributed by atoms with Crippen molar-refractivity contribution in [2.75, 3.05) is 38.2 Å². The summed E-state index contributed by atoms with van der Waals surface area (Å²) in [5.41, 5.74) is 0.614. The van der Waals surface area contributed by atoms with E-state index in [0.717, 1.165) is 38.5 Å². The number of hydrogen-bond donors (Lipinski definition) is 1. The van der Waals surface area contributed by atoms with Gasteiger partial charge in [-0.15, -0.1) is 0 Å². The lowest BCUT2D eigenvalue weighted by atomic mass is 9.60. The zero-order valence-electron chi connectivity index (χ0n) is 20.7. The molecule has 0 atom stereocenters. The van der Waals surface area contributed by atoms with Gasteiger partial charge in [0.15, 0.2) is 5.75 Å². The first-order chi connectivity index (χ1) is 17.2. The Morgan fingerprint density at radius 1 is 1.25 bits per heavy atom. The van der Waals surface area contributed by atoms with Gasteiger partial charge < -0.3 is 19.7 Å². The summed E-state index contributed by atoms with van der Waals surface area (Å²) in [5.74, 6) is 0.388. The van der Waals surface area contributed by atoms with Crippen molar-refractivity contribution >= 4 is 23.2 Å². The minimum Gasteiger partial charge on any atom is -0.433 e. The normalized spacial score (nSPS) is 21.4. The monoisotopic (exact) mass is 522 g/mol. The van der Waals surface area contributed by atoms with E-state index in [0.29, 0.717) is 24.2 Å². The van der Waals surface area contributed by atoms with Crippen LogP contribution in [0.3, 0.4) is 0 Å². The highest BCUT2D eigenvalue weighted by atomic mass is 35.5. The van der Waals surface area contributed by atoms with Gasteiger partial charge in [0.1, 0.15) is 5.54 Å². The van der Waals surface area contributed by atoms with Gasteiger partial charge in [-0.2, -0.15) is 13.9 Å². The van der Waals surface area contributed by atoms with Crippen molar-refractivity contribution in [1.29, 1.82) is 0 Å². The molecule has 5 rings (SSSR count). The quantitative estimate of drug-likeness (QED) is 0.521. The third-order valence-electron chi connectivity index (χ3n) is 7.96. The van der Waals surface area contributed by atoms with Gasteiger partial charge in [-0.25, -0.2) is 0 Å². The maximum Gasteiger partial charge on any atom is 0.387 e. The van der Waals surface area contributed by atoms with Crippen LogP contribution < -0.4 is 10.1 Å². The number of nitrogens with zero attached hydrogens (tertiary/aromatic N) is 3. The van der Waals surface area contributed by atoms with E-state index in [9.17, 15) is 13.6 Å². The standard InChI is InChI=1S/C26H33ClF2N4O3/c1-17(2)21-5-8-30-33(21)26(23(34)31-20-4-3-19(27)11-22(20)36-24(28)29)6-9-32(10-7-26)14-18-12-25(13-18)15-35-16-25/h3-5,8,11,17-18,24H,6-7,9-10,12-16H2,1-2H3,(H,31,34). The maximum atomic E-state index is 13.9. The summed E-state index contributed by atoms with van der Waals surface area (Å²) in [6.07, 6.45) is 5.29. The first-order valence-electron chi connectivity index (χ1n) is 12.6. The Kier molecular flexibility index (Phi) is 7.00. The van der Waals surface area contributed by atoms with Crippen molar-refractivity contribution in [3.05, 3.63) is 41.2 Å². The summed E-state index contributed by atoms with van der Waals surface area (Å²) < 4.78 is 37.9.